The summed E-state index contributed by atoms with van der Waals surface area (Å²) in [7, 11) is -1.43. The van der Waals surface area contributed by atoms with E-state index in [0.29, 0.717) is 22.9 Å². The summed E-state index contributed by atoms with van der Waals surface area (Å²) < 4.78 is 40.4. The standard InChI is InChI=1S/C34H36ClN3O6S/c1-4-36-34(40)31(21-25-11-7-5-8-12-25)37(23-26-15-17-27(35)18-16-26)33(39)24-38(45(41,42)29-13-9-6-10-14-29)30-22-28(43-2)19-20-32(30)44-3/h5-20,22,31H,4,21,23-24H2,1-3H3,(H,36,40)/t31-/m1/s1. The molecule has 11 heteroatoms. The fourth-order valence-corrected chi connectivity index (χ4v) is 6.42. The minimum Gasteiger partial charge on any atom is -0.497 e. The van der Waals surface area contributed by atoms with Crippen LogP contribution in [0.15, 0.2) is 108 Å². The molecule has 45 heavy (non-hydrogen) atoms. The maximum atomic E-state index is 14.5. The van der Waals surface area contributed by atoms with Gasteiger partial charge in [0, 0.05) is 30.6 Å². The van der Waals surface area contributed by atoms with E-state index in [9.17, 15) is 18.0 Å². The molecular formula is C34H36ClN3O6S. The van der Waals surface area contributed by atoms with Crippen molar-refractivity contribution in [2.24, 2.45) is 0 Å². The molecule has 0 aliphatic carbocycles. The fourth-order valence-electron chi connectivity index (χ4n) is 4.86. The first-order chi connectivity index (χ1) is 21.7. The predicted octanol–water partition coefficient (Wildman–Crippen LogP) is 5.33. The molecule has 4 aromatic rings. The van der Waals surface area contributed by atoms with Crippen LogP contribution in [0.3, 0.4) is 0 Å². The molecule has 236 valence electrons. The Balaban J connectivity index is 1.84. The van der Waals surface area contributed by atoms with Crippen LogP contribution in [-0.4, -0.2) is 58.5 Å². The number of hydrogen-bond acceptors (Lipinski definition) is 6. The van der Waals surface area contributed by atoms with E-state index < -0.39 is 28.5 Å². The maximum Gasteiger partial charge on any atom is 0.264 e. The van der Waals surface area contributed by atoms with Crippen LogP contribution >= 0.6 is 11.6 Å². The lowest BCUT2D eigenvalue weighted by Gasteiger charge is -2.34. The molecule has 2 amide bonds. The quantitative estimate of drug-likeness (QED) is 0.198. The highest BCUT2D eigenvalue weighted by Gasteiger charge is 2.35. The van der Waals surface area contributed by atoms with Gasteiger partial charge in [0.2, 0.25) is 11.8 Å². The molecule has 1 N–H and O–H groups in total. The van der Waals surface area contributed by atoms with Crippen molar-refractivity contribution < 1.29 is 27.5 Å². The van der Waals surface area contributed by atoms with E-state index in [1.54, 1.807) is 61.5 Å². The molecule has 0 heterocycles. The molecule has 0 bridgehead atoms. The molecule has 0 saturated heterocycles. The van der Waals surface area contributed by atoms with Gasteiger partial charge >= 0.3 is 0 Å². The van der Waals surface area contributed by atoms with E-state index in [4.69, 9.17) is 21.1 Å². The van der Waals surface area contributed by atoms with Crippen LogP contribution in [0.4, 0.5) is 5.69 Å². The topological polar surface area (TPSA) is 105 Å². The average Bonchev–Trinajstić information content (AvgIpc) is 3.06. The summed E-state index contributed by atoms with van der Waals surface area (Å²) in [6, 6.07) is 27.9. The molecule has 0 spiro atoms. The number of ether oxygens (including phenoxy) is 2. The number of nitrogens with one attached hydrogen (secondary N) is 1. The van der Waals surface area contributed by atoms with Crippen LogP contribution < -0.4 is 19.1 Å². The largest absolute Gasteiger partial charge is 0.497 e. The molecule has 4 aromatic carbocycles. The van der Waals surface area contributed by atoms with Crippen molar-refractivity contribution in [3.05, 3.63) is 119 Å². The summed E-state index contributed by atoms with van der Waals surface area (Å²) in [4.78, 5) is 29.5. The van der Waals surface area contributed by atoms with Crippen molar-refractivity contribution in [3.8, 4) is 11.5 Å². The van der Waals surface area contributed by atoms with Gasteiger partial charge in [0.15, 0.2) is 0 Å². The second-order valence-corrected chi connectivity index (χ2v) is 12.4. The number of amides is 2. The highest BCUT2D eigenvalue weighted by molar-refractivity contribution is 7.92. The van der Waals surface area contributed by atoms with Gasteiger partial charge in [-0.15, -0.1) is 0 Å². The average molecular weight is 650 g/mol. The Morgan fingerprint density at radius 2 is 1.49 bits per heavy atom. The third kappa shape index (κ3) is 8.34. The van der Waals surface area contributed by atoms with Crippen molar-refractivity contribution in [2.75, 3.05) is 31.6 Å². The number of methoxy groups -OCH3 is 2. The summed E-state index contributed by atoms with van der Waals surface area (Å²) in [5.41, 5.74) is 1.66. The lowest BCUT2D eigenvalue weighted by atomic mass is 10.0. The second-order valence-electron chi connectivity index (χ2n) is 10.1. The number of hydrogen-bond donors (Lipinski definition) is 1. The molecule has 9 nitrogen and oxygen atoms in total. The van der Waals surface area contributed by atoms with E-state index in [-0.39, 0.29) is 35.2 Å². The Morgan fingerprint density at radius 3 is 2.09 bits per heavy atom. The first kappa shape index (κ1) is 33.4. The zero-order valence-electron chi connectivity index (χ0n) is 25.4. The Labute approximate surface area is 269 Å². The predicted molar refractivity (Wildman–Crippen MR) is 175 cm³/mol. The fraction of sp³-hybridized carbons (Fsp3) is 0.235. The number of benzene rings is 4. The molecule has 0 fully saturated rings. The monoisotopic (exact) mass is 649 g/mol. The van der Waals surface area contributed by atoms with Gasteiger partial charge in [0.25, 0.3) is 10.0 Å². The molecule has 0 aliphatic rings. The summed E-state index contributed by atoms with van der Waals surface area (Å²) in [5.74, 6) is -0.368. The van der Waals surface area contributed by atoms with Gasteiger partial charge in [0.1, 0.15) is 24.1 Å². The van der Waals surface area contributed by atoms with Crippen LogP contribution in [0, 0.1) is 0 Å². The number of carbonyl (C=O) groups excluding carboxylic acids is 2. The highest BCUT2D eigenvalue weighted by Crippen LogP contribution is 2.36. The number of rotatable bonds is 14. The smallest absolute Gasteiger partial charge is 0.264 e. The Morgan fingerprint density at radius 1 is 0.844 bits per heavy atom. The van der Waals surface area contributed by atoms with E-state index in [1.807, 2.05) is 30.3 Å². The van der Waals surface area contributed by atoms with Crippen LogP contribution in [-0.2, 0) is 32.6 Å². The van der Waals surface area contributed by atoms with Crippen LogP contribution in [0.5, 0.6) is 11.5 Å². The third-order valence-electron chi connectivity index (χ3n) is 7.15. The summed E-state index contributed by atoms with van der Waals surface area (Å²) in [6.07, 6.45) is 0.208. The van der Waals surface area contributed by atoms with Crippen molar-refractivity contribution in [3.63, 3.8) is 0 Å². The van der Waals surface area contributed by atoms with E-state index >= 15 is 0 Å². The molecule has 0 radical (unpaired) electrons. The number of anilines is 1. The van der Waals surface area contributed by atoms with Crippen LogP contribution in [0.2, 0.25) is 5.02 Å². The number of likely N-dealkylation sites (N-methyl/N-ethyl adjacent to an activating group) is 1. The van der Waals surface area contributed by atoms with E-state index in [1.165, 1.54) is 37.3 Å². The minimum absolute atomic E-state index is 0.0171. The van der Waals surface area contributed by atoms with Gasteiger partial charge in [0.05, 0.1) is 24.8 Å². The molecule has 0 aromatic heterocycles. The minimum atomic E-state index is -4.30. The first-order valence-electron chi connectivity index (χ1n) is 14.3. The van der Waals surface area contributed by atoms with Crippen molar-refractivity contribution in [2.45, 2.75) is 30.8 Å². The lowest BCUT2D eigenvalue weighted by Crippen LogP contribution is -2.53. The molecule has 0 saturated carbocycles. The van der Waals surface area contributed by atoms with Gasteiger partial charge in [-0.25, -0.2) is 8.42 Å². The number of halogens is 1. The maximum absolute atomic E-state index is 14.5. The molecule has 0 unspecified atom stereocenters. The van der Waals surface area contributed by atoms with Gasteiger partial charge in [-0.3, -0.25) is 13.9 Å². The van der Waals surface area contributed by atoms with Crippen LogP contribution in [0.1, 0.15) is 18.1 Å². The summed E-state index contributed by atoms with van der Waals surface area (Å²) in [6.45, 7) is 1.55. The first-order valence-corrected chi connectivity index (χ1v) is 16.1. The van der Waals surface area contributed by atoms with Crippen molar-refractivity contribution >= 4 is 39.1 Å². The molecule has 0 aliphatic heterocycles. The SMILES string of the molecule is CCNC(=O)[C@@H](Cc1ccccc1)N(Cc1ccc(Cl)cc1)C(=O)CN(c1cc(OC)ccc1OC)S(=O)(=O)c1ccccc1. The van der Waals surface area contributed by atoms with Gasteiger partial charge in [-0.2, -0.15) is 0 Å². The Hall–Kier alpha value is -4.54. The van der Waals surface area contributed by atoms with Gasteiger partial charge < -0.3 is 19.7 Å². The number of sulfonamides is 1. The zero-order chi connectivity index (χ0) is 32.4. The van der Waals surface area contributed by atoms with Gasteiger partial charge in [-0.05, 0) is 54.4 Å². The summed E-state index contributed by atoms with van der Waals surface area (Å²) in [5, 5.41) is 3.37. The second kappa shape index (κ2) is 15.5. The highest BCUT2D eigenvalue weighted by atomic mass is 35.5. The molecular weight excluding hydrogens is 614 g/mol. The Bertz CT molecular complexity index is 1690. The zero-order valence-corrected chi connectivity index (χ0v) is 26.9. The lowest BCUT2D eigenvalue weighted by molar-refractivity contribution is -0.140. The van der Waals surface area contributed by atoms with E-state index in [0.717, 1.165) is 9.87 Å². The molecule has 1 atom stereocenters. The number of carbonyl (C=O) groups is 2. The Kier molecular flexibility index (Phi) is 11.5. The van der Waals surface area contributed by atoms with Crippen molar-refractivity contribution in [1.29, 1.82) is 0 Å². The summed E-state index contributed by atoms with van der Waals surface area (Å²) >= 11 is 6.13. The van der Waals surface area contributed by atoms with Crippen molar-refractivity contribution in [1.82, 2.24) is 10.2 Å². The number of nitrogens with zero attached hydrogens (tertiary/aromatic N) is 2. The van der Waals surface area contributed by atoms with Gasteiger partial charge in [-0.1, -0.05) is 72.3 Å². The van der Waals surface area contributed by atoms with E-state index in [2.05, 4.69) is 5.32 Å². The van der Waals surface area contributed by atoms with Crippen LogP contribution in [0.25, 0.3) is 0 Å². The molecule has 4 rings (SSSR count). The normalized spacial score (nSPS) is 11.7. The third-order valence-corrected chi connectivity index (χ3v) is 9.18.